The Morgan fingerprint density at radius 2 is 2.15 bits per heavy atom. The molecular formula is C18H17FN4O3. The van der Waals surface area contributed by atoms with Crippen LogP contribution in [0.4, 0.5) is 15.0 Å². The van der Waals surface area contributed by atoms with E-state index in [0.29, 0.717) is 5.82 Å². The van der Waals surface area contributed by atoms with Gasteiger partial charge in [0.1, 0.15) is 23.7 Å². The van der Waals surface area contributed by atoms with Gasteiger partial charge in [-0.15, -0.1) is 0 Å². The van der Waals surface area contributed by atoms with Crippen molar-refractivity contribution in [2.24, 2.45) is 0 Å². The molecule has 2 aromatic rings. The normalized spacial score (nSPS) is 19.6. The predicted molar refractivity (Wildman–Crippen MR) is 92.3 cm³/mol. The molecule has 0 aliphatic carbocycles. The first kappa shape index (κ1) is 17.5. The van der Waals surface area contributed by atoms with Crippen molar-refractivity contribution in [2.75, 3.05) is 18.8 Å². The van der Waals surface area contributed by atoms with Gasteiger partial charge in [0.25, 0.3) is 0 Å². The average Bonchev–Trinajstić information content (AvgIpc) is 2.63. The van der Waals surface area contributed by atoms with Crippen LogP contribution in [0.25, 0.3) is 11.1 Å². The summed E-state index contributed by atoms with van der Waals surface area (Å²) in [5, 5.41) is 18.3. The topological polar surface area (TPSA) is 112 Å². The molecule has 7 nitrogen and oxygen atoms in total. The first-order chi connectivity index (χ1) is 12.5. The highest BCUT2D eigenvalue weighted by Crippen LogP contribution is 2.29. The number of nitriles is 1. The SMILES string of the molecule is N#Cc1cc(-c2ccnc(N)c2)ccc1O[C@H]1CCN(C(=O)O)C[C@H]1F. The van der Waals surface area contributed by atoms with Gasteiger partial charge in [0.2, 0.25) is 0 Å². The minimum atomic E-state index is -1.45. The van der Waals surface area contributed by atoms with E-state index in [-0.39, 0.29) is 30.8 Å². The monoisotopic (exact) mass is 356 g/mol. The number of halogens is 1. The highest BCUT2D eigenvalue weighted by Gasteiger charge is 2.33. The Kier molecular flexibility index (Phi) is 4.89. The van der Waals surface area contributed by atoms with E-state index in [1.165, 1.54) is 0 Å². The number of likely N-dealkylation sites (tertiary alicyclic amines) is 1. The molecule has 1 amide bonds. The van der Waals surface area contributed by atoms with Crippen LogP contribution in [-0.2, 0) is 0 Å². The van der Waals surface area contributed by atoms with Crippen molar-refractivity contribution in [2.45, 2.75) is 18.7 Å². The van der Waals surface area contributed by atoms with E-state index in [4.69, 9.17) is 15.6 Å². The van der Waals surface area contributed by atoms with E-state index in [9.17, 15) is 14.4 Å². The lowest BCUT2D eigenvalue weighted by atomic mass is 10.0. The fourth-order valence-electron chi connectivity index (χ4n) is 2.88. The molecule has 1 fully saturated rings. The summed E-state index contributed by atoms with van der Waals surface area (Å²) in [5.74, 6) is 0.640. The van der Waals surface area contributed by atoms with Gasteiger partial charge in [0.05, 0.1) is 12.1 Å². The molecule has 134 valence electrons. The third kappa shape index (κ3) is 3.67. The predicted octanol–water partition coefficient (Wildman–Crippen LogP) is 2.67. The summed E-state index contributed by atoms with van der Waals surface area (Å²) < 4.78 is 19.9. The Bertz CT molecular complexity index is 868. The number of anilines is 1. The van der Waals surface area contributed by atoms with Crippen LogP contribution in [0.15, 0.2) is 36.5 Å². The maximum absolute atomic E-state index is 14.2. The number of aromatic nitrogens is 1. The summed E-state index contributed by atoms with van der Waals surface area (Å²) in [6.07, 6.45) is -1.59. The number of nitrogens with zero attached hydrogens (tertiary/aromatic N) is 3. The van der Waals surface area contributed by atoms with E-state index in [1.807, 2.05) is 0 Å². The van der Waals surface area contributed by atoms with Crippen molar-refractivity contribution in [3.05, 3.63) is 42.1 Å². The number of benzene rings is 1. The standard InChI is InChI=1S/C18H17FN4O3/c19-14-10-23(18(24)25)6-4-16(14)26-15-2-1-11(7-13(15)9-20)12-3-5-22-17(21)8-12/h1-3,5,7-8,14,16H,4,6,10H2,(H2,21,22)(H,24,25)/t14-,16+/m1/s1. The van der Waals surface area contributed by atoms with Gasteiger partial charge in [0, 0.05) is 19.2 Å². The van der Waals surface area contributed by atoms with E-state index in [2.05, 4.69) is 11.1 Å². The lowest BCUT2D eigenvalue weighted by Gasteiger charge is -2.33. The van der Waals surface area contributed by atoms with Crippen LogP contribution in [0.3, 0.4) is 0 Å². The van der Waals surface area contributed by atoms with Gasteiger partial charge in [-0.3, -0.25) is 0 Å². The second-order valence-corrected chi connectivity index (χ2v) is 5.98. The molecule has 26 heavy (non-hydrogen) atoms. The first-order valence-corrected chi connectivity index (χ1v) is 8.02. The molecule has 1 aromatic carbocycles. The molecule has 0 bridgehead atoms. The molecule has 2 atom stereocenters. The Hall–Kier alpha value is -3.34. The Labute approximate surface area is 149 Å². The highest BCUT2D eigenvalue weighted by molar-refractivity contribution is 5.69. The van der Waals surface area contributed by atoms with Crippen LogP contribution in [0.5, 0.6) is 5.75 Å². The van der Waals surface area contributed by atoms with Gasteiger partial charge in [-0.2, -0.15) is 5.26 Å². The number of alkyl halides is 1. The Morgan fingerprint density at radius 3 is 2.81 bits per heavy atom. The second kappa shape index (κ2) is 7.27. The largest absolute Gasteiger partial charge is 0.486 e. The smallest absolute Gasteiger partial charge is 0.407 e. The molecule has 0 radical (unpaired) electrons. The van der Waals surface area contributed by atoms with Crippen LogP contribution >= 0.6 is 0 Å². The summed E-state index contributed by atoms with van der Waals surface area (Å²) in [5.41, 5.74) is 7.52. The third-order valence-corrected chi connectivity index (χ3v) is 4.25. The van der Waals surface area contributed by atoms with Crippen molar-refractivity contribution >= 4 is 11.9 Å². The lowest BCUT2D eigenvalue weighted by Crippen LogP contribution is -2.48. The zero-order valence-corrected chi connectivity index (χ0v) is 13.8. The highest BCUT2D eigenvalue weighted by atomic mass is 19.1. The fourth-order valence-corrected chi connectivity index (χ4v) is 2.88. The van der Waals surface area contributed by atoms with Crippen LogP contribution in [0.2, 0.25) is 0 Å². The van der Waals surface area contributed by atoms with Crippen LogP contribution in [-0.4, -0.2) is 46.4 Å². The van der Waals surface area contributed by atoms with Crippen LogP contribution in [0, 0.1) is 11.3 Å². The molecular weight excluding hydrogens is 339 g/mol. The maximum Gasteiger partial charge on any atom is 0.407 e. The number of nitrogen functional groups attached to an aromatic ring is 1. The minimum Gasteiger partial charge on any atom is -0.486 e. The molecule has 3 rings (SSSR count). The molecule has 8 heteroatoms. The number of hydrogen-bond donors (Lipinski definition) is 2. The number of nitrogens with two attached hydrogens (primary N) is 1. The summed E-state index contributed by atoms with van der Waals surface area (Å²) in [6.45, 7) is -0.0487. The van der Waals surface area contributed by atoms with E-state index < -0.39 is 18.4 Å². The van der Waals surface area contributed by atoms with Crippen molar-refractivity contribution in [3.8, 4) is 22.9 Å². The summed E-state index contributed by atoms with van der Waals surface area (Å²) in [4.78, 5) is 15.9. The van der Waals surface area contributed by atoms with Crippen LogP contribution < -0.4 is 10.5 Å². The third-order valence-electron chi connectivity index (χ3n) is 4.25. The van der Waals surface area contributed by atoms with E-state index in [1.54, 1.807) is 36.5 Å². The van der Waals surface area contributed by atoms with Crippen molar-refractivity contribution in [1.82, 2.24) is 9.88 Å². The Morgan fingerprint density at radius 1 is 1.38 bits per heavy atom. The molecule has 1 aromatic heterocycles. The lowest BCUT2D eigenvalue weighted by molar-refractivity contribution is 0.0248. The van der Waals surface area contributed by atoms with Crippen molar-refractivity contribution in [1.29, 1.82) is 5.26 Å². The van der Waals surface area contributed by atoms with Gasteiger partial charge in [-0.1, -0.05) is 6.07 Å². The van der Waals surface area contributed by atoms with Gasteiger partial charge >= 0.3 is 6.09 Å². The van der Waals surface area contributed by atoms with Gasteiger partial charge < -0.3 is 20.5 Å². The number of carboxylic acid groups (broad SMARTS) is 1. The number of rotatable bonds is 3. The number of piperidine rings is 1. The first-order valence-electron chi connectivity index (χ1n) is 8.02. The van der Waals surface area contributed by atoms with Crippen molar-refractivity contribution < 1.29 is 19.0 Å². The molecule has 1 aliphatic heterocycles. The fraction of sp³-hybridized carbons (Fsp3) is 0.278. The number of amides is 1. The summed E-state index contributed by atoms with van der Waals surface area (Å²) in [6, 6.07) is 10.5. The average molecular weight is 356 g/mol. The summed E-state index contributed by atoms with van der Waals surface area (Å²) >= 11 is 0. The number of carbonyl (C=O) groups is 1. The van der Waals surface area contributed by atoms with Gasteiger partial charge in [0.15, 0.2) is 6.17 Å². The van der Waals surface area contributed by atoms with E-state index in [0.717, 1.165) is 16.0 Å². The zero-order valence-electron chi connectivity index (χ0n) is 13.8. The maximum atomic E-state index is 14.2. The molecule has 0 saturated carbocycles. The van der Waals surface area contributed by atoms with Crippen molar-refractivity contribution in [3.63, 3.8) is 0 Å². The second-order valence-electron chi connectivity index (χ2n) is 5.98. The quantitative estimate of drug-likeness (QED) is 0.874. The minimum absolute atomic E-state index is 0.191. The molecule has 2 heterocycles. The molecule has 1 aliphatic rings. The molecule has 0 unspecified atom stereocenters. The summed E-state index contributed by atoms with van der Waals surface area (Å²) in [7, 11) is 0. The number of pyridine rings is 1. The molecule has 1 saturated heterocycles. The van der Waals surface area contributed by atoms with Gasteiger partial charge in [-0.25, -0.2) is 14.2 Å². The number of ether oxygens (including phenoxy) is 1. The number of hydrogen-bond acceptors (Lipinski definition) is 5. The molecule has 0 spiro atoms. The van der Waals surface area contributed by atoms with E-state index >= 15 is 0 Å². The van der Waals surface area contributed by atoms with Crippen LogP contribution in [0.1, 0.15) is 12.0 Å². The van der Waals surface area contributed by atoms with Gasteiger partial charge in [-0.05, 0) is 35.4 Å². The molecule has 3 N–H and O–H groups in total. The zero-order chi connectivity index (χ0) is 18.7. The Balaban J connectivity index is 1.79.